The van der Waals surface area contributed by atoms with E-state index in [0.717, 1.165) is 12.2 Å². The molecular formula is C9H11Cl2NO. The molecule has 0 aliphatic carbocycles. The van der Waals surface area contributed by atoms with E-state index < -0.39 is 0 Å². The molecule has 0 atom stereocenters. The number of nitrogens with one attached hydrogen (secondary N) is 1. The Morgan fingerprint density at radius 2 is 2.15 bits per heavy atom. The fraction of sp³-hybridized carbons (Fsp3) is 0.333. The lowest BCUT2D eigenvalue weighted by Crippen LogP contribution is -2.07. The minimum atomic E-state index is 0.642. The molecule has 0 spiro atoms. The first-order chi connectivity index (χ1) is 6.24. The van der Waals surface area contributed by atoms with Crippen molar-refractivity contribution >= 4 is 28.9 Å². The maximum atomic E-state index is 5.91. The molecule has 13 heavy (non-hydrogen) atoms. The van der Waals surface area contributed by atoms with Gasteiger partial charge in [-0.1, -0.05) is 23.2 Å². The van der Waals surface area contributed by atoms with Gasteiger partial charge in [-0.3, -0.25) is 0 Å². The van der Waals surface area contributed by atoms with Crippen LogP contribution in [-0.2, 0) is 4.74 Å². The molecule has 0 aliphatic rings. The molecule has 0 saturated carbocycles. The summed E-state index contributed by atoms with van der Waals surface area (Å²) in [6, 6.07) is 5.31. The van der Waals surface area contributed by atoms with Gasteiger partial charge in [-0.2, -0.15) is 0 Å². The molecule has 1 aromatic rings. The minimum Gasteiger partial charge on any atom is -0.383 e. The smallest absolute Gasteiger partial charge is 0.0638 e. The number of rotatable bonds is 4. The van der Waals surface area contributed by atoms with E-state index >= 15 is 0 Å². The first kappa shape index (κ1) is 10.6. The lowest BCUT2D eigenvalue weighted by atomic mass is 10.3. The van der Waals surface area contributed by atoms with Gasteiger partial charge in [-0.15, -0.1) is 0 Å². The van der Waals surface area contributed by atoms with Gasteiger partial charge in [0.15, 0.2) is 0 Å². The quantitative estimate of drug-likeness (QED) is 0.787. The molecule has 0 aliphatic heterocycles. The Labute approximate surface area is 87.8 Å². The highest BCUT2D eigenvalue weighted by atomic mass is 35.5. The normalized spacial score (nSPS) is 10.1. The maximum absolute atomic E-state index is 5.91. The van der Waals surface area contributed by atoms with E-state index in [9.17, 15) is 0 Å². The Balaban J connectivity index is 2.59. The van der Waals surface area contributed by atoms with Gasteiger partial charge >= 0.3 is 0 Å². The van der Waals surface area contributed by atoms with E-state index in [-0.39, 0.29) is 0 Å². The zero-order chi connectivity index (χ0) is 9.68. The molecule has 0 heterocycles. The van der Waals surface area contributed by atoms with Crippen LogP contribution in [0.3, 0.4) is 0 Å². The lowest BCUT2D eigenvalue weighted by molar-refractivity contribution is 0.211. The first-order valence-electron chi connectivity index (χ1n) is 3.92. The maximum Gasteiger partial charge on any atom is 0.0638 e. The third kappa shape index (κ3) is 3.43. The summed E-state index contributed by atoms with van der Waals surface area (Å²) < 4.78 is 4.90. The Morgan fingerprint density at radius 1 is 1.38 bits per heavy atom. The number of hydrogen-bond acceptors (Lipinski definition) is 2. The van der Waals surface area contributed by atoms with Gasteiger partial charge in [-0.25, -0.2) is 0 Å². The summed E-state index contributed by atoms with van der Waals surface area (Å²) in [4.78, 5) is 0. The van der Waals surface area contributed by atoms with Crippen LogP contribution in [0, 0.1) is 0 Å². The van der Waals surface area contributed by atoms with Crippen LogP contribution in [0.25, 0.3) is 0 Å². The highest BCUT2D eigenvalue weighted by Crippen LogP contribution is 2.24. The van der Waals surface area contributed by atoms with Crippen LogP contribution in [0.5, 0.6) is 0 Å². The molecule has 0 unspecified atom stereocenters. The number of halogens is 2. The van der Waals surface area contributed by atoms with Crippen LogP contribution in [0.4, 0.5) is 5.69 Å². The summed E-state index contributed by atoms with van der Waals surface area (Å²) in [7, 11) is 1.65. The molecule has 0 amide bonds. The Hall–Kier alpha value is -0.440. The van der Waals surface area contributed by atoms with Gasteiger partial charge in [-0.05, 0) is 18.2 Å². The van der Waals surface area contributed by atoms with E-state index in [4.69, 9.17) is 27.9 Å². The summed E-state index contributed by atoms with van der Waals surface area (Å²) in [5.41, 5.74) is 0.839. The largest absolute Gasteiger partial charge is 0.383 e. The number of hydrogen-bond donors (Lipinski definition) is 1. The zero-order valence-corrected chi connectivity index (χ0v) is 8.82. The van der Waals surface area contributed by atoms with E-state index in [1.54, 1.807) is 25.3 Å². The van der Waals surface area contributed by atoms with Crippen LogP contribution in [0.1, 0.15) is 0 Å². The van der Waals surface area contributed by atoms with Gasteiger partial charge in [0.05, 0.1) is 17.3 Å². The molecule has 0 fully saturated rings. The van der Waals surface area contributed by atoms with Crippen molar-refractivity contribution in [3.8, 4) is 0 Å². The molecule has 0 bridgehead atoms. The fourth-order valence-corrected chi connectivity index (χ4v) is 1.28. The average molecular weight is 220 g/mol. The van der Waals surface area contributed by atoms with Gasteiger partial charge in [0.1, 0.15) is 0 Å². The summed E-state index contributed by atoms with van der Waals surface area (Å²) in [6.45, 7) is 1.36. The van der Waals surface area contributed by atoms with Gasteiger partial charge in [0, 0.05) is 18.7 Å². The van der Waals surface area contributed by atoms with Gasteiger partial charge in [0.25, 0.3) is 0 Å². The summed E-state index contributed by atoms with van der Waals surface area (Å²) in [6.07, 6.45) is 0. The molecular weight excluding hydrogens is 209 g/mol. The molecule has 0 aromatic heterocycles. The third-order valence-corrected chi connectivity index (χ3v) is 2.11. The standard InChI is InChI=1S/C9H11Cl2NO/c1-13-5-4-12-9-6-7(10)2-3-8(9)11/h2-3,6,12H,4-5H2,1H3. The van der Waals surface area contributed by atoms with Crippen molar-refractivity contribution in [3.05, 3.63) is 28.2 Å². The van der Waals surface area contributed by atoms with Gasteiger partial charge < -0.3 is 10.1 Å². The van der Waals surface area contributed by atoms with Crippen molar-refractivity contribution in [2.75, 3.05) is 25.6 Å². The van der Waals surface area contributed by atoms with Crippen molar-refractivity contribution in [3.63, 3.8) is 0 Å². The molecule has 72 valence electrons. The molecule has 4 heteroatoms. The second-order valence-corrected chi connectivity index (χ2v) is 3.39. The molecule has 0 saturated heterocycles. The molecule has 1 rings (SSSR count). The lowest BCUT2D eigenvalue weighted by Gasteiger charge is -2.07. The monoisotopic (exact) mass is 219 g/mol. The molecule has 1 N–H and O–H groups in total. The van der Waals surface area contributed by atoms with Crippen molar-refractivity contribution in [1.29, 1.82) is 0 Å². The van der Waals surface area contributed by atoms with Crippen molar-refractivity contribution in [2.45, 2.75) is 0 Å². The molecule has 0 radical (unpaired) electrons. The Morgan fingerprint density at radius 3 is 2.85 bits per heavy atom. The first-order valence-corrected chi connectivity index (χ1v) is 4.67. The SMILES string of the molecule is COCCNc1cc(Cl)ccc1Cl. The zero-order valence-electron chi connectivity index (χ0n) is 7.31. The van der Waals surface area contributed by atoms with Crippen LogP contribution in [0.2, 0.25) is 10.0 Å². The second kappa shape index (κ2) is 5.32. The Bertz CT molecular complexity index is 278. The van der Waals surface area contributed by atoms with E-state index in [1.807, 2.05) is 0 Å². The molecule has 2 nitrogen and oxygen atoms in total. The number of benzene rings is 1. The average Bonchev–Trinajstić information content (AvgIpc) is 2.11. The fourth-order valence-electron chi connectivity index (χ4n) is 0.921. The predicted octanol–water partition coefficient (Wildman–Crippen LogP) is 3.05. The number of ether oxygens (including phenoxy) is 1. The molecule has 1 aromatic carbocycles. The van der Waals surface area contributed by atoms with E-state index in [2.05, 4.69) is 5.32 Å². The highest BCUT2D eigenvalue weighted by molar-refractivity contribution is 6.35. The summed E-state index contributed by atoms with van der Waals surface area (Å²) in [5, 5.41) is 4.45. The van der Waals surface area contributed by atoms with Crippen molar-refractivity contribution in [2.24, 2.45) is 0 Å². The second-order valence-electron chi connectivity index (χ2n) is 2.54. The number of anilines is 1. The van der Waals surface area contributed by atoms with Crippen LogP contribution in [0.15, 0.2) is 18.2 Å². The Kier molecular flexibility index (Phi) is 4.36. The number of methoxy groups -OCH3 is 1. The topological polar surface area (TPSA) is 21.3 Å². The van der Waals surface area contributed by atoms with Crippen LogP contribution < -0.4 is 5.32 Å². The summed E-state index contributed by atoms with van der Waals surface area (Å²) in [5.74, 6) is 0. The van der Waals surface area contributed by atoms with Crippen molar-refractivity contribution in [1.82, 2.24) is 0 Å². The summed E-state index contributed by atoms with van der Waals surface area (Å²) >= 11 is 11.7. The van der Waals surface area contributed by atoms with E-state index in [1.165, 1.54) is 0 Å². The van der Waals surface area contributed by atoms with E-state index in [0.29, 0.717) is 16.7 Å². The van der Waals surface area contributed by atoms with Crippen LogP contribution in [-0.4, -0.2) is 20.3 Å². The predicted molar refractivity (Wildman–Crippen MR) is 56.8 cm³/mol. The van der Waals surface area contributed by atoms with Gasteiger partial charge in [0.2, 0.25) is 0 Å². The third-order valence-electron chi connectivity index (χ3n) is 1.55. The minimum absolute atomic E-state index is 0.642. The van der Waals surface area contributed by atoms with Crippen molar-refractivity contribution < 1.29 is 4.74 Å². The highest BCUT2D eigenvalue weighted by Gasteiger charge is 1.99. The van der Waals surface area contributed by atoms with Crippen LogP contribution >= 0.6 is 23.2 Å².